The molecule has 1 aliphatic heterocycles. The molecule has 5 heteroatoms. The molecular weight excluding hydrogens is 256 g/mol. The quantitative estimate of drug-likeness (QED) is 0.885. The van der Waals surface area contributed by atoms with Gasteiger partial charge in [-0.05, 0) is 24.0 Å². The molecule has 0 bridgehead atoms. The molecule has 1 aromatic rings. The maximum absolute atomic E-state index is 12.4. The maximum atomic E-state index is 12.4. The Morgan fingerprint density at radius 3 is 2.80 bits per heavy atom. The summed E-state index contributed by atoms with van der Waals surface area (Å²) >= 11 is 0. The molecule has 106 valence electrons. The number of carbonyl (C=O) groups is 2. The van der Waals surface area contributed by atoms with Crippen molar-refractivity contribution in [1.82, 2.24) is 5.32 Å². The topological polar surface area (TPSA) is 69.6 Å². The normalized spacial score (nSPS) is 27.1. The van der Waals surface area contributed by atoms with Crippen molar-refractivity contribution in [3.8, 4) is 0 Å². The lowest BCUT2D eigenvalue weighted by atomic mass is 10.1. The van der Waals surface area contributed by atoms with Crippen LogP contribution in [-0.4, -0.2) is 29.2 Å². The van der Waals surface area contributed by atoms with Crippen LogP contribution in [0.4, 0.5) is 10.5 Å². The number of anilines is 1. The van der Waals surface area contributed by atoms with Gasteiger partial charge >= 0.3 is 12.0 Å². The summed E-state index contributed by atoms with van der Waals surface area (Å²) in [7, 11) is 0. The van der Waals surface area contributed by atoms with Crippen LogP contribution in [0.3, 0.4) is 0 Å². The molecular formula is C15H18N2O3. The van der Waals surface area contributed by atoms with Crippen molar-refractivity contribution in [3.05, 3.63) is 29.8 Å². The van der Waals surface area contributed by atoms with Crippen LogP contribution in [0.1, 0.15) is 25.3 Å². The van der Waals surface area contributed by atoms with Gasteiger partial charge in [-0.1, -0.05) is 31.5 Å². The van der Waals surface area contributed by atoms with E-state index < -0.39 is 12.0 Å². The van der Waals surface area contributed by atoms with Crippen molar-refractivity contribution >= 4 is 17.7 Å². The second-order valence-electron chi connectivity index (χ2n) is 5.52. The number of fused-ring (bicyclic) bond motifs is 1. The summed E-state index contributed by atoms with van der Waals surface area (Å²) in [5, 5.41) is 12.3. The molecule has 20 heavy (non-hydrogen) atoms. The smallest absolute Gasteiger partial charge is 0.327 e. The van der Waals surface area contributed by atoms with Gasteiger partial charge < -0.3 is 10.4 Å². The molecule has 5 nitrogen and oxygen atoms in total. The number of carboxylic acid groups (broad SMARTS) is 1. The first kappa shape index (κ1) is 13.0. The zero-order valence-corrected chi connectivity index (χ0v) is 11.4. The Kier molecular flexibility index (Phi) is 3.12. The van der Waals surface area contributed by atoms with Crippen LogP contribution in [0.15, 0.2) is 24.3 Å². The third-order valence-electron chi connectivity index (χ3n) is 4.24. The summed E-state index contributed by atoms with van der Waals surface area (Å²) in [6, 6.07) is 6.50. The first-order valence-electron chi connectivity index (χ1n) is 7.02. The zero-order valence-electron chi connectivity index (χ0n) is 11.4. The van der Waals surface area contributed by atoms with E-state index in [-0.39, 0.29) is 12.1 Å². The van der Waals surface area contributed by atoms with Crippen LogP contribution in [0.2, 0.25) is 0 Å². The number of rotatable bonds is 3. The molecule has 0 saturated heterocycles. The van der Waals surface area contributed by atoms with Gasteiger partial charge in [0.1, 0.15) is 6.04 Å². The van der Waals surface area contributed by atoms with Gasteiger partial charge in [0.05, 0.1) is 0 Å². The minimum absolute atomic E-state index is 0.203. The van der Waals surface area contributed by atoms with Crippen molar-refractivity contribution in [2.75, 3.05) is 4.90 Å². The van der Waals surface area contributed by atoms with Gasteiger partial charge in [0.25, 0.3) is 0 Å². The summed E-state index contributed by atoms with van der Waals surface area (Å²) in [5.74, 6) is -0.417. The van der Waals surface area contributed by atoms with Crippen molar-refractivity contribution < 1.29 is 14.7 Å². The lowest BCUT2D eigenvalue weighted by Crippen LogP contribution is -2.48. The van der Waals surface area contributed by atoms with E-state index in [1.807, 2.05) is 24.3 Å². The average Bonchev–Trinajstić information content (AvgIpc) is 3.05. The summed E-state index contributed by atoms with van der Waals surface area (Å²) in [6.07, 6.45) is 2.42. The first-order valence-corrected chi connectivity index (χ1v) is 7.02. The molecule has 1 aliphatic carbocycles. The van der Waals surface area contributed by atoms with Crippen molar-refractivity contribution in [2.24, 2.45) is 5.92 Å². The monoisotopic (exact) mass is 274 g/mol. The van der Waals surface area contributed by atoms with Gasteiger partial charge in [-0.15, -0.1) is 0 Å². The van der Waals surface area contributed by atoms with Gasteiger partial charge in [-0.3, -0.25) is 4.90 Å². The standard InChI is InChI=1S/C15H18N2O3/c1-2-9-7-11(9)16-15(20)17-12-6-4-3-5-10(12)8-13(17)14(18)19/h3-6,9,11,13H,2,7-8H2,1H3,(H,16,20)(H,18,19). The predicted molar refractivity (Wildman–Crippen MR) is 74.8 cm³/mol. The second-order valence-corrected chi connectivity index (χ2v) is 5.52. The number of benzene rings is 1. The number of hydrogen-bond donors (Lipinski definition) is 2. The highest BCUT2D eigenvalue weighted by Gasteiger charge is 2.42. The van der Waals surface area contributed by atoms with Crippen LogP contribution in [0, 0.1) is 5.92 Å². The highest BCUT2D eigenvalue weighted by atomic mass is 16.4. The van der Waals surface area contributed by atoms with E-state index in [4.69, 9.17) is 0 Å². The van der Waals surface area contributed by atoms with E-state index in [1.165, 1.54) is 4.90 Å². The Bertz CT molecular complexity index is 558. The number of amides is 2. The van der Waals surface area contributed by atoms with E-state index in [1.54, 1.807) is 0 Å². The lowest BCUT2D eigenvalue weighted by Gasteiger charge is -2.23. The Morgan fingerprint density at radius 2 is 2.15 bits per heavy atom. The Labute approximate surface area is 117 Å². The highest BCUT2D eigenvalue weighted by Crippen LogP contribution is 2.35. The van der Waals surface area contributed by atoms with Crippen molar-refractivity contribution in [2.45, 2.75) is 38.3 Å². The van der Waals surface area contributed by atoms with Crippen LogP contribution >= 0.6 is 0 Å². The number of carboxylic acids is 1. The molecule has 0 radical (unpaired) electrons. The van der Waals surface area contributed by atoms with E-state index in [0.717, 1.165) is 18.4 Å². The third-order valence-corrected chi connectivity index (χ3v) is 4.24. The largest absolute Gasteiger partial charge is 0.480 e. The minimum atomic E-state index is -0.959. The summed E-state index contributed by atoms with van der Waals surface area (Å²) < 4.78 is 0. The summed E-state index contributed by atoms with van der Waals surface area (Å²) in [4.78, 5) is 25.2. The van der Waals surface area contributed by atoms with Crippen LogP contribution in [0.5, 0.6) is 0 Å². The fraction of sp³-hybridized carbons (Fsp3) is 0.467. The molecule has 2 N–H and O–H groups in total. The molecule has 2 amide bonds. The molecule has 3 rings (SSSR count). The molecule has 3 atom stereocenters. The van der Waals surface area contributed by atoms with Gasteiger partial charge in [-0.25, -0.2) is 9.59 Å². The van der Waals surface area contributed by atoms with Gasteiger partial charge in [0.2, 0.25) is 0 Å². The van der Waals surface area contributed by atoms with E-state index >= 15 is 0 Å². The molecule has 1 fully saturated rings. The fourth-order valence-electron chi connectivity index (χ4n) is 2.94. The zero-order chi connectivity index (χ0) is 14.3. The number of urea groups is 1. The number of hydrogen-bond acceptors (Lipinski definition) is 2. The Balaban J connectivity index is 1.81. The molecule has 1 aromatic carbocycles. The lowest BCUT2D eigenvalue weighted by molar-refractivity contribution is -0.138. The summed E-state index contributed by atoms with van der Waals surface area (Å²) in [6.45, 7) is 2.10. The van der Waals surface area contributed by atoms with Gasteiger partial charge in [-0.2, -0.15) is 0 Å². The van der Waals surface area contributed by atoms with Crippen LogP contribution in [0.25, 0.3) is 0 Å². The van der Waals surface area contributed by atoms with Crippen molar-refractivity contribution in [1.29, 1.82) is 0 Å². The first-order chi connectivity index (χ1) is 9.61. The number of carbonyl (C=O) groups excluding carboxylic acids is 1. The summed E-state index contributed by atoms with van der Waals surface area (Å²) in [5.41, 5.74) is 1.63. The molecule has 3 unspecified atom stereocenters. The molecule has 2 aliphatic rings. The molecule has 0 spiro atoms. The minimum Gasteiger partial charge on any atom is -0.480 e. The average molecular weight is 274 g/mol. The highest BCUT2D eigenvalue weighted by molar-refractivity contribution is 6.01. The van der Waals surface area contributed by atoms with Crippen LogP contribution < -0.4 is 10.2 Å². The van der Waals surface area contributed by atoms with E-state index in [2.05, 4.69) is 12.2 Å². The Morgan fingerprint density at radius 1 is 1.40 bits per heavy atom. The second kappa shape index (κ2) is 4.81. The van der Waals surface area contributed by atoms with E-state index in [0.29, 0.717) is 18.0 Å². The molecule has 0 aromatic heterocycles. The number of nitrogens with zero attached hydrogens (tertiary/aromatic N) is 1. The number of nitrogens with one attached hydrogen (secondary N) is 1. The van der Waals surface area contributed by atoms with E-state index in [9.17, 15) is 14.7 Å². The third kappa shape index (κ3) is 2.13. The van der Waals surface area contributed by atoms with Crippen molar-refractivity contribution in [3.63, 3.8) is 0 Å². The fourth-order valence-corrected chi connectivity index (χ4v) is 2.94. The number of aliphatic carboxylic acids is 1. The molecule has 1 heterocycles. The Hall–Kier alpha value is -2.04. The predicted octanol–water partition coefficient (Wildman–Crippen LogP) is 2.01. The SMILES string of the molecule is CCC1CC1NC(=O)N1c2ccccc2CC1C(=O)O. The molecule has 1 saturated carbocycles. The van der Waals surface area contributed by atoms with Gasteiger partial charge in [0.15, 0.2) is 0 Å². The van der Waals surface area contributed by atoms with Crippen LogP contribution in [-0.2, 0) is 11.2 Å². The van der Waals surface area contributed by atoms with Gasteiger partial charge in [0, 0.05) is 18.2 Å². The number of para-hydroxylation sites is 1. The maximum Gasteiger partial charge on any atom is 0.327 e.